The van der Waals surface area contributed by atoms with Crippen LogP contribution in [0.5, 0.6) is 0 Å². The lowest BCUT2D eigenvalue weighted by atomic mass is 9.95. The van der Waals surface area contributed by atoms with Crippen molar-refractivity contribution in [2.75, 3.05) is 0 Å². The molecule has 3 unspecified atom stereocenters. The second-order valence-electron chi connectivity index (χ2n) is 6.01. The van der Waals surface area contributed by atoms with E-state index in [0.717, 1.165) is 25.7 Å². The number of likely N-dealkylation sites (tertiary alicyclic amines) is 1. The highest BCUT2D eigenvalue weighted by atomic mass is 16.2. The standard InChI is InChI=1S/C17H26N2O/c1-13-7-6-8-14(2)19(13)17(20)16(18)12-11-15-9-4-3-5-10-15/h3-5,9-10,13-14,16H,6-8,11-12,18H2,1-2H3. The molecule has 2 N–H and O–H groups in total. The highest BCUT2D eigenvalue weighted by Crippen LogP contribution is 2.23. The Morgan fingerprint density at radius 3 is 2.45 bits per heavy atom. The number of benzene rings is 1. The van der Waals surface area contributed by atoms with E-state index in [0.29, 0.717) is 12.1 Å². The Bertz CT molecular complexity index is 422. The first-order chi connectivity index (χ1) is 9.59. The SMILES string of the molecule is CC1CCCC(C)N1C(=O)C(N)CCc1ccccc1. The molecule has 3 heteroatoms. The maximum absolute atomic E-state index is 12.5. The van der Waals surface area contributed by atoms with Gasteiger partial charge in [-0.05, 0) is 51.5 Å². The van der Waals surface area contributed by atoms with E-state index in [2.05, 4.69) is 26.0 Å². The van der Waals surface area contributed by atoms with E-state index < -0.39 is 0 Å². The van der Waals surface area contributed by atoms with E-state index in [1.165, 1.54) is 12.0 Å². The molecule has 0 spiro atoms. The van der Waals surface area contributed by atoms with Gasteiger partial charge in [0.2, 0.25) is 5.91 Å². The predicted octanol–water partition coefficient (Wildman–Crippen LogP) is 2.74. The fourth-order valence-corrected chi connectivity index (χ4v) is 3.14. The Balaban J connectivity index is 1.91. The second kappa shape index (κ2) is 6.89. The summed E-state index contributed by atoms with van der Waals surface area (Å²) >= 11 is 0. The summed E-state index contributed by atoms with van der Waals surface area (Å²) in [5.74, 6) is 0.126. The minimum Gasteiger partial charge on any atom is -0.336 e. The normalized spacial score (nSPS) is 24.4. The average Bonchev–Trinajstić information content (AvgIpc) is 2.45. The summed E-state index contributed by atoms with van der Waals surface area (Å²) in [6.45, 7) is 4.27. The molecule has 3 nitrogen and oxygen atoms in total. The van der Waals surface area contributed by atoms with E-state index in [4.69, 9.17) is 5.73 Å². The van der Waals surface area contributed by atoms with Crippen LogP contribution in [0.1, 0.15) is 45.1 Å². The number of nitrogens with two attached hydrogens (primary N) is 1. The molecular weight excluding hydrogens is 248 g/mol. The molecular formula is C17H26N2O. The zero-order chi connectivity index (χ0) is 14.5. The number of hydrogen-bond donors (Lipinski definition) is 1. The van der Waals surface area contributed by atoms with Gasteiger partial charge in [0.25, 0.3) is 0 Å². The third-order valence-electron chi connectivity index (χ3n) is 4.35. The molecule has 1 fully saturated rings. The number of hydrogen-bond acceptors (Lipinski definition) is 2. The van der Waals surface area contributed by atoms with Crippen LogP contribution in [0.15, 0.2) is 30.3 Å². The summed E-state index contributed by atoms with van der Waals surface area (Å²) in [5.41, 5.74) is 7.37. The van der Waals surface area contributed by atoms with Crippen LogP contribution < -0.4 is 5.73 Å². The van der Waals surface area contributed by atoms with Gasteiger partial charge in [-0.3, -0.25) is 4.79 Å². The molecule has 0 bridgehead atoms. The van der Waals surface area contributed by atoms with E-state index >= 15 is 0 Å². The largest absolute Gasteiger partial charge is 0.336 e. The number of amides is 1. The minimum atomic E-state index is -0.377. The van der Waals surface area contributed by atoms with Gasteiger partial charge in [0.15, 0.2) is 0 Å². The topological polar surface area (TPSA) is 46.3 Å². The van der Waals surface area contributed by atoms with Crippen molar-refractivity contribution < 1.29 is 4.79 Å². The molecule has 1 aliphatic rings. The molecule has 0 aromatic heterocycles. The van der Waals surface area contributed by atoms with Crippen LogP contribution in [-0.4, -0.2) is 28.9 Å². The van der Waals surface area contributed by atoms with E-state index in [1.54, 1.807) is 0 Å². The Hall–Kier alpha value is -1.35. The highest BCUT2D eigenvalue weighted by Gasteiger charge is 2.31. The van der Waals surface area contributed by atoms with Crippen molar-refractivity contribution >= 4 is 5.91 Å². The highest BCUT2D eigenvalue weighted by molar-refractivity contribution is 5.82. The van der Waals surface area contributed by atoms with Crippen molar-refractivity contribution in [1.29, 1.82) is 0 Å². The first-order valence-corrected chi connectivity index (χ1v) is 7.71. The van der Waals surface area contributed by atoms with Crippen molar-refractivity contribution in [2.24, 2.45) is 5.73 Å². The summed E-state index contributed by atoms with van der Waals surface area (Å²) in [6, 6.07) is 10.5. The molecule has 1 aliphatic heterocycles. The maximum atomic E-state index is 12.5. The Morgan fingerprint density at radius 1 is 1.25 bits per heavy atom. The predicted molar refractivity (Wildman–Crippen MR) is 82.4 cm³/mol. The number of aryl methyl sites for hydroxylation is 1. The Morgan fingerprint density at radius 2 is 1.85 bits per heavy atom. The van der Waals surface area contributed by atoms with Gasteiger partial charge >= 0.3 is 0 Å². The lowest BCUT2D eigenvalue weighted by Gasteiger charge is -2.40. The van der Waals surface area contributed by atoms with Gasteiger partial charge in [-0.25, -0.2) is 0 Å². The molecule has 1 heterocycles. The van der Waals surface area contributed by atoms with Gasteiger partial charge in [0.1, 0.15) is 0 Å². The Kier molecular flexibility index (Phi) is 5.18. The van der Waals surface area contributed by atoms with Crippen LogP contribution in [0.2, 0.25) is 0 Å². The first-order valence-electron chi connectivity index (χ1n) is 7.71. The maximum Gasteiger partial charge on any atom is 0.239 e. The lowest BCUT2D eigenvalue weighted by molar-refractivity contribution is -0.138. The molecule has 0 aliphatic carbocycles. The van der Waals surface area contributed by atoms with Gasteiger partial charge in [0, 0.05) is 12.1 Å². The van der Waals surface area contributed by atoms with E-state index in [9.17, 15) is 4.79 Å². The van der Waals surface area contributed by atoms with Gasteiger partial charge < -0.3 is 10.6 Å². The third kappa shape index (κ3) is 3.60. The minimum absolute atomic E-state index is 0.126. The molecule has 1 saturated heterocycles. The van der Waals surface area contributed by atoms with E-state index in [-0.39, 0.29) is 11.9 Å². The molecule has 110 valence electrons. The molecule has 20 heavy (non-hydrogen) atoms. The molecule has 0 saturated carbocycles. The number of nitrogens with zero attached hydrogens (tertiary/aromatic N) is 1. The fraction of sp³-hybridized carbons (Fsp3) is 0.588. The zero-order valence-electron chi connectivity index (χ0n) is 12.6. The Labute approximate surface area is 122 Å². The van der Waals surface area contributed by atoms with Gasteiger partial charge in [-0.1, -0.05) is 30.3 Å². The molecule has 0 radical (unpaired) electrons. The molecule has 1 amide bonds. The van der Waals surface area contributed by atoms with Crippen LogP contribution in [-0.2, 0) is 11.2 Å². The summed E-state index contributed by atoms with van der Waals surface area (Å²) < 4.78 is 0. The van der Waals surface area contributed by atoms with Crippen molar-refractivity contribution in [3.63, 3.8) is 0 Å². The van der Waals surface area contributed by atoms with Crippen LogP contribution in [0.4, 0.5) is 0 Å². The fourth-order valence-electron chi connectivity index (χ4n) is 3.14. The van der Waals surface area contributed by atoms with Crippen molar-refractivity contribution in [1.82, 2.24) is 4.90 Å². The van der Waals surface area contributed by atoms with E-state index in [1.807, 2.05) is 23.1 Å². The van der Waals surface area contributed by atoms with Crippen LogP contribution >= 0.6 is 0 Å². The van der Waals surface area contributed by atoms with Gasteiger partial charge in [-0.15, -0.1) is 0 Å². The quantitative estimate of drug-likeness (QED) is 0.917. The average molecular weight is 274 g/mol. The lowest BCUT2D eigenvalue weighted by Crippen LogP contribution is -2.53. The van der Waals surface area contributed by atoms with Crippen LogP contribution in [0.25, 0.3) is 0 Å². The summed E-state index contributed by atoms with van der Waals surface area (Å²) in [6.07, 6.45) is 5.00. The molecule has 1 aromatic carbocycles. The van der Waals surface area contributed by atoms with Gasteiger partial charge in [0.05, 0.1) is 6.04 Å². The summed E-state index contributed by atoms with van der Waals surface area (Å²) in [4.78, 5) is 14.6. The second-order valence-corrected chi connectivity index (χ2v) is 6.01. The van der Waals surface area contributed by atoms with Crippen molar-refractivity contribution in [3.05, 3.63) is 35.9 Å². The molecule has 1 aromatic rings. The smallest absolute Gasteiger partial charge is 0.239 e. The number of piperidine rings is 1. The third-order valence-corrected chi connectivity index (χ3v) is 4.35. The summed E-state index contributed by atoms with van der Waals surface area (Å²) in [5, 5.41) is 0. The van der Waals surface area contributed by atoms with Crippen molar-refractivity contribution in [3.8, 4) is 0 Å². The first kappa shape index (κ1) is 15.0. The number of carbonyl (C=O) groups is 1. The van der Waals surface area contributed by atoms with Crippen molar-refractivity contribution in [2.45, 2.75) is 64.1 Å². The molecule has 3 atom stereocenters. The monoisotopic (exact) mass is 274 g/mol. The summed E-state index contributed by atoms with van der Waals surface area (Å²) in [7, 11) is 0. The number of rotatable bonds is 4. The van der Waals surface area contributed by atoms with Crippen LogP contribution in [0, 0.1) is 0 Å². The zero-order valence-corrected chi connectivity index (χ0v) is 12.6. The van der Waals surface area contributed by atoms with Gasteiger partial charge in [-0.2, -0.15) is 0 Å². The molecule has 2 rings (SSSR count). The number of carbonyl (C=O) groups excluding carboxylic acids is 1. The van der Waals surface area contributed by atoms with Crippen LogP contribution in [0.3, 0.4) is 0 Å².